The van der Waals surface area contributed by atoms with Crippen LogP contribution in [0.2, 0.25) is 0 Å². The van der Waals surface area contributed by atoms with Crippen LogP contribution in [0.3, 0.4) is 0 Å². The largest absolute Gasteiger partial charge is 0.544 e. The van der Waals surface area contributed by atoms with Gasteiger partial charge < -0.3 is 28.6 Å². The average molecular weight is 908 g/mol. The summed E-state index contributed by atoms with van der Waals surface area (Å²) in [7, 11) is 5.40. The molecule has 8 heteroatoms. The number of esters is 2. The van der Waals surface area contributed by atoms with Gasteiger partial charge in [-0.2, -0.15) is 0 Å². The number of carbonyl (C=O) groups excluding carboxylic acids is 3. The molecule has 0 fully saturated rings. The number of carboxylic acids is 1. The fourth-order valence-electron chi connectivity index (χ4n) is 7.47. The summed E-state index contributed by atoms with van der Waals surface area (Å²) in [5.41, 5.74) is 0. The molecule has 8 nitrogen and oxygen atoms in total. The van der Waals surface area contributed by atoms with Gasteiger partial charge in [-0.3, -0.25) is 9.59 Å². The van der Waals surface area contributed by atoms with Crippen molar-refractivity contribution in [3.05, 3.63) is 85.1 Å². The predicted molar refractivity (Wildman–Crippen MR) is 272 cm³/mol. The van der Waals surface area contributed by atoms with E-state index in [1.807, 2.05) is 72.9 Å². The van der Waals surface area contributed by atoms with Crippen LogP contribution >= 0.6 is 0 Å². The van der Waals surface area contributed by atoms with Gasteiger partial charge in [0.1, 0.15) is 12.6 Å². The van der Waals surface area contributed by atoms with E-state index in [1.165, 1.54) is 122 Å². The van der Waals surface area contributed by atoms with Gasteiger partial charge in [0.05, 0.1) is 40.3 Å². The fourth-order valence-corrected chi connectivity index (χ4v) is 7.47. The quantitative estimate of drug-likeness (QED) is 0.0259. The summed E-state index contributed by atoms with van der Waals surface area (Å²) >= 11 is 0. The molecule has 0 aromatic rings. The zero-order valence-electron chi connectivity index (χ0n) is 42.4. The topological polar surface area (TPSA) is 102 Å². The number of aliphatic carboxylic acids is 1. The van der Waals surface area contributed by atoms with Crippen molar-refractivity contribution in [1.82, 2.24) is 0 Å². The molecule has 0 rings (SSSR count). The number of hydrogen-bond acceptors (Lipinski definition) is 7. The van der Waals surface area contributed by atoms with Crippen LogP contribution in [0, 0.1) is 0 Å². The summed E-state index contributed by atoms with van der Waals surface area (Å²) in [6.45, 7) is 4.48. The lowest BCUT2D eigenvalue weighted by atomic mass is 10.0. The number of rotatable bonds is 46. The number of quaternary nitrogens is 1. The van der Waals surface area contributed by atoms with Crippen LogP contribution in [0.25, 0.3) is 0 Å². The highest BCUT2D eigenvalue weighted by Crippen LogP contribution is 2.16. The Morgan fingerprint density at radius 1 is 0.477 bits per heavy atom. The second-order valence-corrected chi connectivity index (χ2v) is 18.6. The first-order valence-electron chi connectivity index (χ1n) is 26.2. The van der Waals surface area contributed by atoms with Gasteiger partial charge >= 0.3 is 11.9 Å². The van der Waals surface area contributed by atoms with Gasteiger partial charge in [0, 0.05) is 19.3 Å². The van der Waals surface area contributed by atoms with Gasteiger partial charge in [-0.15, -0.1) is 0 Å². The minimum absolute atomic E-state index is 0.0230. The predicted octanol–water partition coefficient (Wildman–Crippen LogP) is 13.9. The Labute approximate surface area is 399 Å². The molecule has 0 heterocycles. The Bertz CT molecular complexity index is 1330. The summed E-state index contributed by atoms with van der Waals surface area (Å²) < 4.78 is 17.2. The van der Waals surface area contributed by atoms with Crippen LogP contribution in [-0.2, 0) is 28.6 Å². The minimum atomic E-state index is -1.13. The maximum absolute atomic E-state index is 12.8. The number of hydrogen-bond donors (Lipinski definition) is 0. The molecule has 0 N–H and O–H groups in total. The number of likely N-dealkylation sites (N-methyl/N-ethyl adjacent to an activating group) is 1. The Morgan fingerprint density at radius 2 is 0.862 bits per heavy atom. The van der Waals surface area contributed by atoms with Crippen molar-refractivity contribution < 1.29 is 38.2 Å². The SMILES string of the molecule is CC/C=C/C=C/C=C/C=C/C=C/C=C/C=C/CCCCCC(=O)OCC(COCCC(C(=O)[O-])[N+](C)(C)C)OC(=O)CCCCCCCCCCCCCCCCCCCCCCCC. The number of ether oxygens (including phenoxy) is 3. The number of unbranched alkanes of at least 4 members (excludes halogenated alkanes) is 24. The third-order valence-electron chi connectivity index (χ3n) is 11.5. The molecule has 0 spiro atoms. The van der Waals surface area contributed by atoms with Gasteiger partial charge in [0.15, 0.2) is 6.10 Å². The fraction of sp³-hybridized carbons (Fsp3) is 0.702. The Hall–Kier alpha value is -3.49. The van der Waals surface area contributed by atoms with Crippen LogP contribution in [0.1, 0.15) is 206 Å². The summed E-state index contributed by atoms with van der Waals surface area (Å²) in [5.74, 6) is -1.79. The second-order valence-electron chi connectivity index (χ2n) is 18.6. The van der Waals surface area contributed by atoms with Crippen LogP contribution in [0.15, 0.2) is 85.1 Å². The van der Waals surface area contributed by atoms with Gasteiger partial charge in [-0.05, 0) is 32.1 Å². The van der Waals surface area contributed by atoms with E-state index in [-0.39, 0.29) is 42.7 Å². The monoisotopic (exact) mass is 908 g/mol. The molecule has 0 radical (unpaired) electrons. The lowest BCUT2D eigenvalue weighted by Gasteiger charge is -2.34. The van der Waals surface area contributed by atoms with Crippen molar-refractivity contribution in [2.75, 3.05) is 41.0 Å². The average Bonchev–Trinajstić information content (AvgIpc) is 3.27. The minimum Gasteiger partial charge on any atom is -0.544 e. The zero-order chi connectivity index (χ0) is 47.7. The molecule has 0 bridgehead atoms. The van der Waals surface area contributed by atoms with Crippen molar-refractivity contribution in [3.63, 3.8) is 0 Å². The Morgan fingerprint density at radius 3 is 1.28 bits per heavy atom. The van der Waals surface area contributed by atoms with Gasteiger partial charge in [0.25, 0.3) is 0 Å². The van der Waals surface area contributed by atoms with E-state index in [0.717, 1.165) is 44.9 Å². The van der Waals surface area contributed by atoms with Crippen molar-refractivity contribution in [1.29, 1.82) is 0 Å². The van der Waals surface area contributed by atoms with Crippen molar-refractivity contribution >= 4 is 17.9 Å². The van der Waals surface area contributed by atoms with Crippen molar-refractivity contribution in [3.8, 4) is 0 Å². The zero-order valence-corrected chi connectivity index (χ0v) is 42.4. The number of carbonyl (C=O) groups is 3. The third-order valence-corrected chi connectivity index (χ3v) is 11.5. The number of allylic oxidation sites excluding steroid dienone is 14. The van der Waals surface area contributed by atoms with Crippen LogP contribution < -0.4 is 5.11 Å². The van der Waals surface area contributed by atoms with E-state index < -0.39 is 18.1 Å². The molecule has 0 aliphatic rings. The van der Waals surface area contributed by atoms with Gasteiger partial charge in [-0.25, -0.2) is 0 Å². The van der Waals surface area contributed by atoms with Crippen LogP contribution in [0.4, 0.5) is 0 Å². The standard InChI is InChI=1S/C57H97NO7/c1-6-8-10-12-14-16-18-20-22-24-26-27-28-30-32-34-36-38-40-42-44-46-48-56(60)65-53(51-63-50-49-54(57(61)62)58(3,4)5)52-64-55(59)47-45-43-41-39-37-35-33-31-29-25-23-21-19-17-15-13-11-9-7-2/h9,11,13,15,17,19,21,23,25,29,31,33,35,37,53-54H,6-8,10,12,14,16,18,20,22,24,26-28,30,32,34,36,38-52H2,1-5H3/b11-9+,15-13+,19-17+,23-21+,29-25+,33-31+,37-35+. The molecule has 0 amide bonds. The first kappa shape index (κ1) is 61.5. The summed E-state index contributed by atoms with van der Waals surface area (Å²) in [6, 6.07) is -0.737. The summed E-state index contributed by atoms with van der Waals surface area (Å²) in [6.07, 6.45) is 61.9. The lowest BCUT2D eigenvalue weighted by Crippen LogP contribution is -2.55. The summed E-state index contributed by atoms with van der Waals surface area (Å²) in [4.78, 5) is 37.0. The first-order chi connectivity index (χ1) is 31.6. The van der Waals surface area contributed by atoms with E-state index >= 15 is 0 Å². The Kier molecular flexibility index (Phi) is 44.5. The van der Waals surface area contributed by atoms with E-state index in [1.54, 1.807) is 21.1 Å². The molecular formula is C57H97NO7. The second kappa shape index (κ2) is 47.0. The summed E-state index contributed by atoms with van der Waals surface area (Å²) in [5, 5.41) is 11.7. The van der Waals surface area contributed by atoms with Crippen LogP contribution in [-0.4, -0.2) is 75.5 Å². The van der Waals surface area contributed by atoms with E-state index in [0.29, 0.717) is 19.3 Å². The highest BCUT2D eigenvalue weighted by molar-refractivity contribution is 5.70. The molecule has 0 saturated heterocycles. The van der Waals surface area contributed by atoms with Crippen LogP contribution in [0.5, 0.6) is 0 Å². The molecule has 0 aliphatic heterocycles. The maximum atomic E-state index is 12.8. The normalized spacial score (nSPS) is 13.6. The highest BCUT2D eigenvalue weighted by atomic mass is 16.6. The molecule has 372 valence electrons. The lowest BCUT2D eigenvalue weighted by molar-refractivity contribution is -0.889. The van der Waals surface area contributed by atoms with Gasteiger partial charge in [0.2, 0.25) is 0 Å². The number of carboxylic acid groups (broad SMARTS) is 1. The highest BCUT2D eigenvalue weighted by Gasteiger charge is 2.25. The first-order valence-corrected chi connectivity index (χ1v) is 26.2. The van der Waals surface area contributed by atoms with Crippen molar-refractivity contribution in [2.45, 2.75) is 219 Å². The smallest absolute Gasteiger partial charge is 0.306 e. The van der Waals surface area contributed by atoms with E-state index in [9.17, 15) is 19.5 Å². The van der Waals surface area contributed by atoms with Crippen molar-refractivity contribution in [2.24, 2.45) is 0 Å². The molecule has 2 unspecified atom stereocenters. The maximum Gasteiger partial charge on any atom is 0.306 e. The molecule has 0 aromatic heterocycles. The Balaban J connectivity index is 4.31. The van der Waals surface area contributed by atoms with Gasteiger partial charge in [-0.1, -0.05) is 240 Å². The molecule has 0 saturated carbocycles. The third kappa shape index (κ3) is 45.5. The molecule has 65 heavy (non-hydrogen) atoms. The molecule has 2 atom stereocenters. The van der Waals surface area contributed by atoms with E-state index in [4.69, 9.17) is 14.2 Å². The molecule has 0 aromatic carbocycles. The number of nitrogens with zero attached hydrogens (tertiary/aromatic N) is 1. The molecular weight excluding hydrogens is 811 g/mol. The molecule has 0 aliphatic carbocycles. The van der Waals surface area contributed by atoms with E-state index in [2.05, 4.69) is 26.0 Å².